The van der Waals surface area contributed by atoms with E-state index < -0.39 is 0 Å². The van der Waals surface area contributed by atoms with Crippen molar-refractivity contribution in [1.29, 1.82) is 0 Å². The maximum Gasteiger partial charge on any atom is 0.120 e. The van der Waals surface area contributed by atoms with Crippen LogP contribution in [0, 0.1) is 0 Å². The van der Waals surface area contributed by atoms with Gasteiger partial charge >= 0.3 is 0 Å². The van der Waals surface area contributed by atoms with Crippen LogP contribution in [0.5, 0.6) is 11.5 Å². The molecule has 0 heterocycles. The lowest BCUT2D eigenvalue weighted by molar-refractivity contribution is 0.320. The predicted octanol–water partition coefficient (Wildman–Crippen LogP) is 4.60. The van der Waals surface area contributed by atoms with Crippen LogP contribution in [-0.2, 0) is 13.1 Å². The Kier molecular flexibility index (Phi) is 8.05. The van der Waals surface area contributed by atoms with Gasteiger partial charge in [0.25, 0.3) is 0 Å². The Balaban J connectivity index is 2.51. The molecule has 0 aliphatic rings. The Morgan fingerprint density at radius 1 is 0.607 bits per heavy atom. The minimum Gasteiger partial charge on any atom is -0.508 e. The number of rotatable bonds is 12. The van der Waals surface area contributed by atoms with Gasteiger partial charge < -0.3 is 10.2 Å². The Labute approximate surface area is 168 Å². The number of nitrogens with zero attached hydrogens (tertiary/aromatic N) is 2. The molecule has 4 nitrogen and oxygen atoms in total. The molecule has 0 atom stereocenters. The zero-order valence-corrected chi connectivity index (χ0v) is 16.5. The second-order valence-electron chi connectivity index (χ2n) is 6.76. The van der Waals surface area contributed by atoms with E-state index in [1.807, 2.05) is 36.4 Å². The molecule has 0 amide bonds. The second-order valence-corrected chi connectivity index (χ2v) is 6.76. The third-order valence-electron chi connectivity index (χ3n) is 4.69. The fraction of sp³-hybridized carbons (Fsp3) is 0.250. The number of fused-ring (bicyclic) bond motifs is 1. The Hall–Kier alpha value is -2.82. The molecule has 0 bridgehead atoms. The molecule has 2 aromatic carbocycles. The van der Waals surface area contributed by atoms with Gasteiger partial charge in [-0.25, -0.2) is 0 Å². The summed E-state index contributed by atoms with van der Waals surface area (Å²) in [4.78, 5) is 4.28. The summed E-state index contributed by atoms with van der Waals surface area (Å²) in [6.07, 6.45) is 7.35. The molecule has 2 rings (SSSR count). The van der Waals surface area contributed by atoms with Crippen LogP contribution in [0.3, 0.4) is 0 Å². The standard InChI is InChI=1S/C24H30N2O2/c1-5-13-25(14-6-2)17-21-19-9-12-24(28)22(20(19)10-11-23(21)27)18-26(15-7-3)16-8-4/h5-12,27-28H,1-4,13-18H2. The monoisotopic (exact) mass is 378 g/mol. The van der Waals surface area contributed by atoms with Gasteiger partial charge in [0.2, 0.25) is 0 Å². The molecule has 0 saturated carbocycles. The van der Waals surface area contributed by atoms with E-state index in [0.29, 0.717) is 39.3 Å². The minimum atomic E-state index is 0.247. The second kappa shape index (κ2) is 10.5. The van der Waals surface area contributed by atoms with Crippen LogP contribution >= 0.6 is 0 Å². The predicted molar refractivity (Wildman–Crippen MR) is 119 cm³/mol. The Morgan fingerprint density at radius 2 is 0.929 bits per heavy atom. The average Bonchev–Trinajstić information content (AvgIpc) is 2.66. The van der Waals surface area contributed by atoms with Gasteiger partial charge in [-0.15, -0.1) is 26.3 Å². The van der Waals surface area contributed by atoms with Crippen molar-refractivity contribution in [2.45, 2.75) is 13.1 Å². The van der Waals surface area contributed by atoms with E-state index in [4.69, 9.17) is 0 Å². The summed E-state index contributed by atoms with van der Waals surface area (Å²) in [6.45, 7) is 19.1. The van der Waals surface area contributed by atoms with Crippen LogP contribution in [0.25, 0.3) is 10.8 Å². The molecule has 0 saturated heterocycles. The highest BCUT2D eigenvalue weighted by Crippen LogP contribution is 2.35. The van der Waals surface area contributed by atoms with Gasteiger partial charge in [-0.05, 0) is 22.9 Å². The van der Waals surface area contributed by atoms with Gasteiger partial charge in [0.1, 0.15) is 11.5 Å². The summed E-state index contributed by atoms with van der Waals surface area (Å²) >= 11 is 0. The lowest BCUT2D eigenvalue weighted by atomic mass is 9.97. The van der Waals surface area contributed by atoms with Gasteiger partial charge in [0.05, 0.1) is 0 Å². The van der Waals surface area contributed by atoms with Crippen LogP contribution < -0.4 is 0 Å². The summed E-state index contributed by atoms with van der Waals surface area (Å²) in [5.74, 6) is 0.493. The first-order chi connectivity index (χ1) is 13.5. The highest BCUT2D eigenvalue weighted by atomic mass is 16.3. The van der Waals surface area contributed by atoms with E-state index in [-0.39, 0.29) is 11.5 Å². The number of phenolic OH excluding ortho intramolecular Hbond substituents is 2. The highest BCUT2D eigenvalue weighted by Gasteiger charge is 2.16. The Bertz CT molecular complexity index is 766. The normalized spacial score (nSPS) is 11.1. The van der Waals surface area contributed by atoms with Gasteiger partial charge in [-0.3, -0.25) is 9.80 Å². The molecule has 0 spiro atoms. The number of hydrogen-bond acceptors (Lipinski definition) is 4. The summed E-state index contributed by atoms with van der Waals surface area (Å²) in [6, 6.07) is 7.14. The first-order valence-electron chi connectivity index (χ1n) is 9.39. The summed E-state index contributed by atoms with van der Waals surface area (Å²) in [5.41, 5.74) is 1.67. The quantitative estimate of drug-likeness (QED) is 0.530. The molecule has 2 aromatic rings. The topological polar surface area (TPSA) is 46.9 Å². The van der Waals surface area contributed by atoms with Gasteiger partial charge in [0.15, 0.2) is 0 Å². The molecule has 148 valence electrons. The van der Waals surface area contributed by atoms with Crippen molar-refractivity contribution in [3.05, 3.63) is 86.0 Å². The van der Waals surface area contributed by atoms with E-state index in [9.17, 15) is 10.2 Å². The van der Waals surface area contributed by atoms with Crippen molar-refractivity contribution in [2.24, 2.45) is 0 Å². The largest absolute Gasteiger partial charge is 0.508 e. The molecule has 0 unspecified atom stereocenters. The van der Waals surface area contributed by atoms with E-state index in [1.54, 1.807) is 12.1 Å². The maximum absolute atomic E-state index is 10.5. The SMILES string of the molecule is C=CCN(CC=C)Cc1c(O)ccc2c(CN(CC=C)CC=C)c(O)ccc12. The summed E-state index contributed by atoms with van der Waals surface area (Å²) in [5, 5.41) is 22.9. The van der Waals surface area contributed by atoms with Crippen LogP contribution in [0.2, 0.25) is 0 Å². The first-order valence-corrected chi connectivity index (χ1v) is 9.39. The van der Waals surface area contributed by atoms with Gasteiger partial charge in [-0.1, -0.05) is 36.4 Å². The smallest absolute Gasteiger partial charge is 0.120 e. The summed E-state index contributed by atoms with van der Waals surface area (Å²) in [7, 11) is 0. The van der Waals surface area contributed by atoms with Crippen LogP contribution in [0.1, 0.15) is 11.1 Å². The molecule has 28 heavy (non-hydrogen) atoms. The minimum absolute atomic E-state index is 0.247. The van der Waals surface area contributed by atoms with Crippen molar-refractivity contribution in [3.8, 4) is 11.5 Å². The number of aromatic hydroxyl groups is 2. The molecule has 2 N–H and O–H groups in total. The molecule has 0 aliphatic carbocycles. The van der Waals surface area contributed by atoms with Crippen molar-refractivity contribution in [3.63, 3.8) is 0 Å². The van der Waals surface area contributed by atoms with E-state index >= 15 is 0 Å². The van der Waals surface area contributed by atoms with Crippen molar-refractivity contribution < 1.29 is 10.2 Å². The summed E-state index contributed by atoms with van der Waals surface area (Å²) < 4.78 is 0. The zero-order valence-electron chi connectivity index (χ0n) is 16.5. The third kappa shape index (κ3) is 5.12. The zero-order chi connectivity index (χ0) is 20.5. The highest BCUT2D eigenvalue weighted by molar-refractivity contribution is 5.92. The number of hydrogen-bond donors (Lipinski definition) is 2. The maximum atomic E-state index is 10.5. The van der Waals surface area contributed by atoms with Gasteiger partial charge in [0, 0.05) is 50.4 Å². The lowest BCUT2D eigenvalue weighted by Crippen LogP contribution is -2.24. The number of benzene rings is 2. The molecule has 0 fully saturated rings. The van der Waals surface area contributed by atoms with E-state index in [0.717, 1.165) is 21.9 Å². The average molecular weight is 379 g/mol. The third-order valence-corrected chi connectivity index (χ3v) is 4.69. The number of phenols is 2. The van der Waals surface area contributed by atoms with E-state index in [2.05, 4.69) is 36.1 Å². The van der Waals surface area contributed by atoms with Crippen molar-refractivity contribution in [1.82, 2.24) is 9.80 Å². The molecule has 0 radical (unpaired) electrons. The fourth-order valence-corrected chi connectivity index (χ4v) is 3.42. The van der Waals surface area contributed by atoms with Crippen molar-refractivity contribution in [2.75, 3.05) is 26.2 Å². The molecule has 0 aliphatic heterocycles. The lowest BCUT2D eigenvalue weighted by Gasteiger charge is -2.23. The van der Waals surface area contributed by atoms with Crippen LogP contribution in [0.15, 0.2) is 74.9 Å². The van der Waals surface area contributed by atoms with Crippen molar-refractivity contribution >= 4 is 10.8 Å². The molecule has 4 heteroatoms. The van der Waals surface area contributed by atoms with Crippen LogP contribution in [0.4, 0.5) is 0 Å². The molecule has 0 aromatic heterocycles. The Morgan fingerprint density at radius 3 is 1.21 bits per heavy atom. The first kappa shape index (κ1) is 21.5. The van der Waals surface area contributed by atoms with Crippen LogP contribution in [-0.4, -0.2) is 46.2 Å². The molecular formula is C24H30N2O2. The molecular weight excluding hydrogens is 348 g/mol. The van der Waals surface area contributed by atoms with Gasteiger partial charge in [-0.2, -0.15) is 0 Å². The van der Waals surface area contributed by atoms with E-state index in [1.165, 1.54) is 0 Å². The fourth-order valence-electron chi connectivity index (χ4n) is 3.42.